The third-order valence-electron chi connectivity index (χ3n) is 2.69. The molecule has 1 aliphatic rings. The summed E-state index contributed by atoms with van der Waals surface area (Å²) in [6.45, 7) is 3.62. The van der Waals surface area contributed by atoms with Crippen LogP contribution in [-0.4, -0.2) is 18.2 Å². The number of fused-ring (bicyclic) bond motifs is 1. The largest absolute Gasteiger partial charge is 0.586 e. The quantitative estimate of drug-likeness (QED) is 0.881. The average Bonchev–Trinajstić information content (AvgIpc) is 2.60. The van der Waals surface area contributed by atoms with Gasteiger partial charge in [0.15, 0.2) is 11.5 Å². The van der Waals surface area contributed by atoms with Crippen LogP contribution in [0.5, 0.6) is 11.5 Å². The second kappa shape index (κ2) is 4.65. The van der Waals surface area contributed by atoms with Crippen molar-refractivity contribution in [2.24, 2.45) is 11.7 Å². The average molecular weight is 272 g/mol. The van der Waals surface area contributed by atoms with E-state index in [-0.39, 0.29) is 23.3 Å². The van der Waals surface area contributed by atoms with Crippen LogP contribution in [0.4, 0.5) is 14.5 Å². The van der Waals surface area contributed by atoms with Crippen molar-refractivity contribution in [2.45, 2.75) is 26.2 Å². The van der Waals surface area contributed by atoms with E-state index >= 15 is 0 Å². The van der Waals surface area contributed by atoms with Crippen molar-refractivity contribution >= 4 is 11.6 Å². The number of rotatable bonds is 3. The van der Waals surface area contributed by atoms with Crippen molar-refractivity contribution in [3.63, 3.8) is 0 Å². The summed E-state index contributed by atoms with van der Waals surface area (Å²) in [7, 11) is 0. The summed E-state index contributed by atoms with van der Waals surface area (Å²) in [4.78, 5) is 11.7. The van der Waals surface area contributed by atoms with Crippen LogP contribution in [-0.2, 0) is 4.79 Å². The molecule has 0 aliphatic carbocycles. The molecule has 0 saturated heterocycles. The maximum absolute atomic E-state index is 12.8. The highest BCUT2D eigenvalue weighted by Gasteiger charge is 2.43. The SMILES string of the molecule is CC(C)[C@@H](N)C(=O)Nc1ccc2c(c1)OC(F)(F)O2. The van der Waals surface area contributed by atoms with Crippen LogP contribution >= 0.6 is 0 Å². The molecule has 19 heavy (non-hydrogen) atoms. The minimum Gasteiger partial charge on any atom is -0.395 e. The lowest BCUT2D eigenvalue weighted by molar-refractivity contribution is -0.286. The van der Waals surface area contributed by atoms with E-state index in [4.69, 9.17) is 5.73 Å². The highest BCUT2D eigenvalue weighted by Crippen LogP contribution is 2.42. The van der Waals surface area contributed by atoms with E-state index < -0.39 is 12.3 Å². The van der Waals surface area contributed by atoms with Crippen LogP contribution in [0.1, 0.15) is 13.8 Å². The van der Waals surface area contributed by atoms with E-state index in [2.05, 4.69) is 14.8 Å². The van der Waals surface area contributed by atoms with Crippen LogP contribution in [0.3, 0.4) is 0 Å². The number of nitrogens with one attached hydrogen (secondary N) is 1. The molecular weight excluding hydrogens is 258 g/mol. The lowest BCUT2D eigenvalue weighted by Gasteiger charge is -2.15. The molecule has 0 spiro atoms. The molecular formula is C12H14F2N2O3. The molecule has 1 aromatic rings. The Bertz CT molecular complexity index is 506. The Balaban J connectivity index is 2.11. The van der Waals surface area contributed by atoms with Gasteiger partial charge in [-0.3, -0.25) is 4.79 Å². The van der Waals surface area contributed by atoms with Crippen LogP contribution in [0, 0.1) is 5.92 Å². The van der Waals surface area contributed by atoms with Crippen molar-refractivity contribution in [3.05, 3.63) is 18.2 Å². The second-order valence-corrected chi connectivity index (χ2v) is 4.59. The van der Waals surface area contributed by atoms with Crippen LogP contribution in [0.25, 0.3) is 0 Å². The van der Waals surface area contributed by atoms with E-state index in [9.17, 15) is 13.6 Å². The molecule has 1 heterocycles. The number of halogens is 2. The molecule has 7 heteroatoms. The first-order valence-corrected chi connectivity index (χ1v) is 5.75. The molecule has 0 radical (unpaired) electrons. The summed E-state index contributed by atoms with van der Waals surface area (Å²) in [5.41, 5.74) is 6.00. The number of nitrogens with two attached hydrogens (primary N) is 1. The molecule has 1 aliphatic heterocycles. The minimum atomic E-state index is -3.67. The van der Waals surface area contributed by atoms with Crippen molar-refractivity contribution in [1.29, 1.82) is 0 Å². The van der Waals surface area contributed by atoms with Crippen molar-refractivity contribution in [2.75, 3.05) is 5.32 Å². The highest BCUT2D eigenvalue weighted by molar-refractivity contribution is 5.95. The zero-order valence-electron chi connectivity index (χ0n) is 10.4. The Morgan fingerprint density at radius 1 is 1.32 bits per heavy atom. The summed E-state index contributed by atoms with van der Waals surface area (Å²) in [6, 6.07) is 3.33. The molecule has 0 fully saturated rings. The minimum absolute atomic E-state index is 0.0293. The lowest BCUT2D eigenvalue weighted by atomic mass is 10.0. The van der Waals surface area contributed by atoms with Gasteiger partial charge in [-0.2, -0.15) is 0 Å². The monoisotopic (exact) mass is 272 g/mol. The van der Waals surface area contributed by atoms with E-state index in [0.717, 1.165) is 0 Å². The van der Waals surface area contributed by atoms with E-state index in [1.54, 1.807) is 0 Å². The first kappa shape index (κ1) is 13.5. The Morgan fingerprint density at radius 2 is 1.95 bits per heavy atom. The molecule has 104 valence electrons. The first-order chi connectivity index (χ1) is 8.78. The summed E-state index contributed by atoms with van der Waals surface area (Å²) in [5.74, 6) is -0.615. The molecule has 0 saturated carbocycles. The van der Waals surface area contributed by atoms with Gasteiger partial charge in [0.2, 0.25) is 5.91 Å². The number of hydrogen-bond donors (Lipinski definition) is 2. The van der Waals surface area contributed by atoms with E-state index in [1.165, 1.54) is 18.2 Å². The van der Waals surface area contributed by atoms with Gasteiger partial charge in [0, 0.05) is 11.8 Å². The molecule has 1 aromatic carbocycles. The smallest absolute Gasteiger partial charge is 0.395 e. The normalized spacial score (nSPS) is 17.4. The van der Waals surface area contributed by atoms with Gasteiger partial charge in [0.25, 0.3) is 0 Å². The number of carbonyl (C=O) groups excluding carboxylic acids is 1. The standard InChI is InChI=1S/C12H14F2N2O3/c1-6(2)10(15)11(17)16-7-3-4-8-9(5-7)19-12(13,14)18-8/h3-6,10H,15H2,1-2H3,(H,16,17)/t10-/m1/s1. The Kier molecular flexibility index (Phi) is 3.32. The van der Waals surface area contributed by atoms with Crippen molar-refractivity contribution < 1.29 is 23.0 Å². The maximum Gasteiger partial charge on any atom is 0.586 e. The van der Waals surface area contributed by atoms with Gasteiger partial charge in [-0.25, -0.2) is 0 Å². The van der Waals surface area contributed by atoms with Gasteiger partial charge >= 0.3 is 6.29 Å². The summed E-state index contributed by atoms with van der Waals surface area (Å²) < 4.78 is 34.2. The predicted octanol–water partition coefficient (Wildman–Crippen LogP) is 1.93. The molecule has 2 rings (SSSR count). The number of benzene rings is 1. The lowest BCUT2D eigenvalue weighted by Crippen LogP contribution is -2.39. The molecule has 0 aromatic heterocycles. The number of alkyl halides is 2. The molecule has 0 unspecified atom stereocenters. The third-order valence-corrected chi connectivity index (χ3v) is 2.69. The molecule has 0 bridgehead atoms. The second-order valence-electron chi connectivity index (χ2n) is 4.59. The Hall–Kier alpha value is -1.89. The number of carbonyl (C=O) groups is 1. The van der Waals surface area contributed by atoms with Crippen LogP contribution in [0.15, 0.2) is 18.2 Å². The topological polar surface area (TPSA) is 73.6 Å². The Morgan fingerprint density at radius 3 is 2.58 bits per heavy atom. The fourth-order valence-electron chi connectivity index (χ4n) is 1.56. The van der Waals surface area contributed by atoms with Crippen LogP contribution < -0.4 is 20.5 Å². The zero-order chi connectivity index (χ0) is 14.2. The van der Waals surface area contributed by atoms with Gasteiger partial charge in [0.05, 0.1) is 6.04 Å². The van der Waals surface area contributed by atoms with E-state index in [1.807, 2.05) is 13.8 Å². The zero-order valence-corrected chi connectivity index (χ0v) is 10.4. The highest BCUT2D eigenvalue weighted by atomic mass is 19.3. The fourth-order valence-corrected chi connectivity index (χ4v) is 1.56. The molecule has 5 nitrogen and oxygen atoms in total. The molecule has 3 N–H and O–H groups in total. The van der Waals surface area contributed by atoms with Gasteiger partial charge in [-0.1, -0.05) is 13.8 Å². The van der Waals surface area contributed by atoms with Gasteiger partial charge in [-0.15, -0.1) is 8.78 Å². The number of hydrogen-bond acceptors (Lipinski definition) is 4. The predicted molar refractivity (Wildman–Crippen MR) is 64.1 cm³/mol. The number of amides is 1. The van der Waals surface area contributed by atoms with Gasteiger partial charge in [-0.05, 0) is 18.1 Å². The van der Waals surface area contributed by atoms with Crippen molar-refractivity contribution in [1.82, 2.24) is 0 Å². The molecule has 1 atom stereocenters. The van der Waals surface area contributed by atoms with Gasteiger partial charge in [0.1, 0.15) is 0 Å². The number of anilines is 1. The molecule has 1 amide bonds. The summed E-state index contributed by atoms with van der Waals surface area (Å²) in [5, 5.41) is 2.54. The summed E-state index contributed by atoms with van der Waals surface area (Å²) >= 11 is 0. The summed E-state index contributed by atoms with van der Waals surface area (Å²) in [6.07, 6.45) is -3.67. The maximum atomic E-state index is 12.8. The Labute approximate surface area is 108 Å². The van der Waals surface area contributed by atoms with E-state index in [0.29, 0.717) is 5.69 Å². The van der Waals surface area contributed by atoms with Crippen LogP contribution in [0.2, 0.25) is 0 Å². The third kappa shape index (κ3) is 2.93. The number of ether oxygens (including phenoxy) is 2. The van der Waals surface area contributed by atoms with Gasteiger partial charge < -0.3 is 20.5 Å². The fraction of sp³-hybridized carbons (Fsp3) is 0.417. The van der Waals surface area contributed by atoms with Crippen molar-refractivity contribution in [3.8, 4) is 11.5 Å². The first-order valence-electron chi connectivity index (χ1n) is 5.75.